The van der Waals surface area contributed by atoms with Crippen molar-refractivity contribution in [2.75, 3.05) is 13.1 Å². The van der Waals surface area contributed by atoms with E-state index in [1.54, 1.807) is 4.90 Å². The Morgan fingerprint density at radius 2 is 1.83 bits per heavy atom. The second kappa shape index (κ2) is 8.06. The van der Waals surface area contributed by atoms with Crippen LogP contribution >= 0.6 is 0 Å². The number of carbonyl (C=O) groups is 2. The van der Waals surface area contributed by atoms with Crippen molar-refractivity contribution < 1.29 is 14.3 Å². The minimum atomic E-state index is -0.419. The zero-order chi connectivity index (χ0) is 20.7. The summed E-state index contributed by atoms with van der Waals surface area (Å²) in [6.45, 7) is 6.68. The summed E-state index contributed by atoms with van der Waals surface area (Å²) in [6.07, 6.45) is 8.96. The fourth-order valence-electron chi connectivity index (χ4n) is 5.58. The number of benzene rings is 1. The molecule has 1 aromatic carbocycles. The molecule has 1 aliphatic carbocycles. The molecule has 4 aliphatic rings. The number of hydrogen-bond acceptors (Lipinski definition) is 4. The molecular formula is C24H31N3O3. The highest BCUT2D eigenvalue weighted by atomic mass is 16.5. The Bertz CT molecular complexity index is 861. The highest BCUT2D eigenvalue weighted by molar-refractivity contribution is 6.01. The van der Waals surface area contributed by atoms with Crippen LogP contribution in [0.25, 0.3) is 0 Å². The smallest absolute Gasteiger partial charge is 0.255 e. The number of fused-ring (bicyclic) bond motifs is 1. The summed E-state index contributed by atoms with van der Waals surface area (Å²) < 4.78 is 6.49. The van der Waals surface area contributed by atoms with E-state index in [4.69, 9.17) is 4.74 Å². The van der Waals surface area contributed by atoms with Crippen LogP contribution in [0.4, 0.5) is 0 Å². The summed E-state index contributed by atoms with van der Waals surface area (Å²) in [5.74, 6) is 0.664. The van der Waals surface area contributed by atoms with E-state index < -0.39 is 6.04 Å². The minimum absolute atomic E-state index is 0.0585. The Hall–Kier alpha value is -2.34. The van der Waals surface area contributed by atoms with E-state index in [2.05, 4.69) is 16.8 Å². The number of amides is 2. The second-order valence-electron chi connectivity index (χ2n) is 9.15. The van der Waals surface area contributed by atoms with Crippen molar-refractivity contribution in [2.24, 2.45) is 0 Å². The normalized spacial score (nSPS) is 29.8. The van der Waals surface area contributed by atoms with Gasteiger partial charge in [0, 0.05) is 23.8 Å². The molecule has 1 unspecified atom stereocenters. The van der Waals surface area contributed by atoms with E-state index in [0.717, 1.165) is 23.4 Å². The van der Waals surface area contributed by atoms with Crippen LogP contribution in [0.1, 0.15) is 67.3 Å². The van der Waals surface area contributed by atoms with Crippen LogP contribution in [0.5, 0.6) is 5.75 Å². The molecule has 3 atom stereocenters. The standard InChI is InChI=1S/C24H31N3O3/c1-16-8-11-21(23(28)25-16)27-15-17-14-18(9-10-19(17)24(27)29)30-22-7-3-2-6-20(22)26-12-4-5-13-26/h9-10,14,20-22H,1-8,11-13,15H2,(H,25,28)/t20-,21?,22+/m1/s1. The number of hydrogen-bond donors (Lipinski definition) is 1. The van der Waals surface area contributed by atoms with Crippen LogP contribution in [0.15, 0.2) is 30.5 Å². The fraction of sp³-hybridized carbons (Fsp3) is 0.583. The van der Waals surface area contributed by atoms with Gasteiger partial charge in [-0.1, -0.05) is 13.0 Å². The van der Waals surface area contributed by atoms with E-state index in [1.165, 1.54) is 45.2 Å². The van der Waals surface area contributed by atoms with Gasteiger partial charge in [0.05, 0.1) is 0 Å². The topological polar surface area (TPSA) is 61.9 Å². The van der Waals surface area contributed by atoms with E-state index in [0.29, 0.717) is 31.0 Å². The number of carbonyl (C=O) groups excluding carboxylic acids is 2. The number of nitrogens with zero attached hydrogens (tertiary/aromatic N) is 2. The maximum Gasteiger partial charge on any atom is 0.255 e. The molecule has 2 amide bonds. The largest absolute Gasteiger partial charge is 0.489 e. The van der Waals surface area contributed by atoms with E-state index in [1.807, 2.05) is 18.2 Å². The third-order valence-corrected chi connectivity index (χ3v) is 7.17. The average Bonchev–Trinajstić information content (AvgIpc) is 3.37. The molecule has 6 nitrogen and oxygen atoms in total. The molecule has 3 fully saturated rings. The number of piperidine rings is 1. The summed E-state index contributed by atoms with van der Waals surface area (Å²) in [5, 5.41) is 2.79. The Morgan fingerprint density at radius 1 is 1.03 bits per heavy atom. The molecule has 1 aromatic rings. The number of allylic oxidation sites excluding steroid dienone is 1. The zero-order valence-corrected chi connectivity index (χ0v) is 17.6. The van der Waals surface area contributed by atoms with E-state index in [9.17, 15) is 9.59 Å². The Balaban J connectivity index is 1.30. The van der Waals surface area contributed by atoms with Gasteiger partial charge in [-0.05, 0) is 81.8 Å². The van der Waals surface area contributed by atoms with Crippen molar-refractivity contribution in [1.82, 2.24) is 15.1 Å². The fourth-order valence-corrected chi connectivity index (χ4v) is 5.58. The van der Waals surface area contributed by atoms with Crippen LogP contribution in [-0.4, -0.2) is 52.9 Å². The molecule has 2 saturated heterocycles. The molecule has 6 heteroatoms. The van der Waals surface area contributed by atoms with Crippen molar-refractivity contribution in [3.8, 4) is 5.75 Å². The van der Waals surface area contributed by atoms with Crippen molar-refractivity contribution in [1.29, 1.82) is 0 Å². The molecular weight excluding hydrogens is 378 g/mol. The lowest BCUT2D eigenvalue weighted by Crippen LogP contribution is -2.49. The van der Waals surface area contributed by atoms with Crippen LogP contribution in [0, 0.1) is 0 Å². The SMILES string of the molecule is C=C1CCC(N2Cc3cc(O[C@H]4CCCC[C@H]4N4CCCC4)ccc3C2=O)C(=O)N1. The van der Waals surface area contributed by atoms with Gasteiger partial charge in [-0.15, -0.1) is 0 Å². The van der Waals surface area contributed by atoms with Crippen molar-refractivity contribution in [3.63, 3.8) is 0 Å². The lowest BCUT2D eigenvalue weighted by molar-refractivity contribution is -0.126. The van der Waals surface area contributed by atoms with Crippen LogP contribution in [0.3, 0.4) is 0 Å². The first kappa shape index (κ1) is 19.6. The zero-order valence-electron chi connectivity index (χ0n) is 17.6. The van der Waals surface area contributed by atoms with Crippen LogP contribution < -0.4 is 10.1 Å². The first-order chi connectivity index (χ1) is 14.6. The molecule has 0 spiro atoms. The summed E-state index contributed by atoms with van der Waals surface area (Å²) in [4.78, 5) is 29.6. The summed E-state index contributed by atoms with van der Waals surface area (Å²) in [7, 11) is 0. The predicted molar refractivity (Wildman–Crippen MR) is 114 cm³/mol. The first-order valence-corrected chi connectivity index (χ1v) is 11.4. The molecule has 3 aliphatic heterocycles. The molecule has 30 heavy (non-hydrogen) atoms. The maximum absolute atomic E-state index is 12.9. The summed E-state index contributed by atoms with van der Waals surface area (Å²) in [5.41, 5.74) is 2.39. The molecule has 5 rings (SSSR count). The lowest BCUT2D eigenvalue weighted by atomic mass is 9.91. The number of nitrogens with one attached hydrogen (secondary N) is 1. The Morgan fingerprint density at radius 3 is 2.63 bits per heavy atom. The van der Waals surface area contributed by atoms with Gasteiger partial charge in [-0.25, -0.2) is 0 Å². The lowest BCUT2D eigenvalue weighted by Gasteiger charge is -2.37. The van der Waals surface area contributed by atoms with Gasteiger partial charge in [0.15, 0.2) is 0 Å². The molecule has 0 radical (unpaired) electrons. The first-order valence-electron chi connectivity index (χ1n) is 11.4. The van der Waals surface area contributed by atoms with E-state index in [-0.39, 0.29) is 17.9 Å². The Labute approximate surface area is 178 Å². The molecule has 160 valence electrons. The van der Waals surface area contributed by atoms with Gasteiger partial charge < -0.3 is 15.0 Å². The Kier molecular flexibility index (Phi) is 5.27. The van der Waals surface area contributed by atoms with Crippen molar-refractivity contribution in [3.05, 3.63) is 41.6 Å². The quantitative estimate of drug-likeness (QED) is 0.830. The van der Waals surface area contributed by atoms with Gasteiger partial charge in [0.1, 0.15) is 17.9 Å². The molecule has 1 saturated carbocycles. The predicted octanol–water partition coefficient (Wildman–Crippen LogP) is 3.22. The van der Waals surface area contributed by atoms with E-state index >= 15 is 0 Å². The van der Waals surface area contributed by atoms with Crippen molar-refractivity contribution in [2.45, 2.75) is 76.1 Å². The molecule has 0 bridgehead atoms. The van der Waals surface area contributed by atoms with Gasteiger partial charge in [-0.3, -0.25) is 14.5 Å². The van der Waals surface area contributed by atoms with Gasteiger partial charge in [-0.2, -0.15) is 0 Å². The van der Waals surface area contributed by atoms with Gasteiger partial charge in [0.2, 0.25) is 5.91 Å². The third-order valence-electron chi connectivity index (χ3n) is 7.17. The van der Waals surface area contributed by atoms with Crippen LogP contribution in [-0.2, 0) is 11.3 Å². The molecule has 0 aromatic heterocycles. The maximum atomic E-state index is 12.9. The summed E-state index contributed by atoms with van der Waals surface area (Å²) in [6, 6.07) is 5.91. The van der Waals surface area contributed by atoms with Crippen molar-refractivity contribution >= 4 is 11.8 Å². The number of ether oxygens (including phenoxy) is 1. The van der Waals surface area contributed by atoms with Crippen LogP contribution in [0.2, 0.25) is 0 Å². The summed E-state index contributed by atoms with van der Waals surface area (Å²) >= 11 is 0. The second-order valence-corrected chi connectivity index (χ2v) is 9.15. The molecule has 1 N–H and O–H groups in total. The van der Waals surface area contributed by atoms with Gasteiger partial charge >= 0.3 is 0 Å². The highest BCUT2D eigenvalue weighted by Gasteiger charge is 2.38. The third kappa shape index (κ3) is 3.62. The number of likely N-dealkylation sites (tertiary alicyclic amines) is 1. The molecule has 3 heterocycles. The minimum Gasteiger partial charge on any atom is -0.489 e. The highest BCUT2D eigenvalue weighted by Crippen LogP contribution is 2.33. The number of rotatable bonds is 4. The average molecular weight is 410 g/mol. The monoisotopic (exact) mass is 409 g/mol. The van der Waals surface area contributed by atoms with Gasteiger partial charge in [0.25, 0.3) is 5.91 Å².